The van der Waals surface area contributed by atoms with Crippen LogP contribution in [0.3, 0.4) is 0 Å². The molecule has 1 amide bonds. The molecule has 1 aromatic carbocycles. The molecule has 0 bridgehead atoms. The van der Waals surface area contributed by atoms with Crippen LogP contribution in [-0.2, 0) is 6.18 Å². The SMILES string of the molecule is O=C(Oc1ccccc1)N1CCN(c2ccc(C(F)(F)F)cn2)CC1. The highest BCUT2D eigenvalue weighted by Gasteiger charge is 2.31. The Bertz CT molecular complexity index is 712. The number of pyridine rings is 1. The molecule has 132 valence electrons. The molecule has 0 radical (unpaired) electrons. The van der Waals surface area contributed by atoms with E-state index in [1.165, 1.54) is 6.07 Å². The predicted octanol–water partition coefficient (Wildman–Crippen LogP) is 3.42. The Morgan fingerprint density at radius 3 is 2.24 bits per heavy atom. The minimum absolute atomic E-state index is 0.411. The Morgan fingerprint density at radius 1 is 1.00 bits per heavy atom. The van der Waals surface area contributed by atoms with Crippen LogP contribution in [0.15, 0.2) is 48.7 Å². The van der Waals surface area contributed by atoms with Crippen molar-refractivity contribution in [3.05, 3.63) is 54.2 Å². The molecule has 0 aliphatic carbocycles. The third-order valence-electron chi connectivity index (χ3n) is 3.89. The number of anilines is 1. The number of piperazine rings is 1. The van der Waals surface area contributed by atoms with E-state index in [9.17, 15) is 18.0 Å². The second-order valence-corrected chi connectivity index (χ2v) is 5.56. The number of amides is 1. The lowest BCUT2D eigenvalue weighted by molar-refractivity contribution is -0.137. The maximum absolute atomic E-state index is 12.6. The van der Waals surface area contributed by atoms with E-state index >= 15 is 0 Å². The van der Waals surface area contributed by atoms with Gasteiger partial charge in [-0.1, -0.05) is 18.2 Å². The average molecular weight is 351 g/mol. The highest BCUT2D eigenvalue weighted by molar-refractivity contribution is 5.71. The van der Waals surface area contributed by atoms with Gasteiger partial charge in [-0.25, -0.2) is 9.78 Å². The molecular formula is C17H16F3N3O2. The number of halogens is 3. The van der Waals surface area contributed by atoms with E-state index in [1.807, 2.05) is 11.0 Å². The minimum Gasteiger partial charge on any atom is -0.410 e. The lowest BCUT2D eigenvalue weighted by Gasteiger charge is -2.34. The molecule has 25 heavy (non-hydrogen) atoms. The lowest BCUT2D eigenvalue weighted by Crippen LogP contribution is -2.49. The van der Waals surface area contributed by atoms with Crippen molar-refractivity contribution < 1.29 is 22.7 Å². The van der Waals surface area contributed by atoms with Gasteiger partial charge in [0.05, 0.1) is 5.56 Å². The molecule has 1 fully saturated rings. The second-order valence-electron chi connectivity index (χ2n) is 5.56. The number of para-hydroxylation sites is 1. The maximum atomic E-state index is 12.6. The van der Waals surface area contributed by atoms with E-state index in [2.05, 4.69) is 4.98 Å². The van der Waals surface area contributed by atoms with Crippen LogP contribution in [0.4, 0.5) is 23.8 Å². The Labute approximate surface area is 142 Å². The smallest absolute Gasteiger partial charge is 0.410 e. The van der Waals surface area contributed by atoms with E-state index in [0.717, 1.165) is 12.3 Å². The molecule has 0 unspecified atom stereocenters. The molecule has 1 aliphatic heterocycles. The van der Waals surface area contributed by atoms with Gasteiger partial charge in [0.1, 0.15) is 11.6 Å². The summed E-state index contributed by atoms with van der Waals surface area (Å²) in [6.45, 7) is 1.77. The van der Waals surface area contributed by atoms with Crippen molar-refractivity contribution in [2.75, 3.05) is 31.1 Å². The summed E-state index contributed by atoms with van der Waals surface area (Å²) in [7, 11) is 0. The lowest BCUT2D eigenvalue weighted by atomic mass is 10.2. The number of carbonyl (C=O) groups is 1. The molecule has 0 atom stereocenters. The summed E-state index contributed by atoms with van der Waals surface area (Å²) in [6.07, 6.45) is -4.01. The fourth-order valence-corrected chi connectivity index (χ4v) is 2.51. The predicted molar refractivity (Wildman–Crippen MR) is 85.5 cm³/mol. The van der Waals surface area contributed by atoms with E-state index in [1.54, 1.807) is 29.2 Å². The standard InChI is InChI=1S/C17H16F3N3O2/c18-17(19,20)13-6-7-15(21-12-13)22-8-10-23(11-9-22)16(24)25-14-4-2-1-3-5-14/h1-7,12H,8-11H2. The zero-order chi connectivity index (χ0) is 17.9. The first-order valence-corrected chi connectivity index (χ1v) is 7.73. The summed E-state index contributed by atoms with van der Waals surface area (Å²) < 4.78 is 43.0. The van der Waals surface area contributed by atoms with Gasteiger partial charge in [0.15, 0.2) is 0 Å². The van der Waals surface area contributed by atoms with Gasteiger partial charge in [-0.2, -0.15) is 13.2 Å². The van der Waals surface area contributed by atoms with Gasteiger partial charge in [-0.3, -0.25) is 0 Å². The first-order valence-electron chi connectivity index (χ1n) is 7.73. The van der Waals surface area contributed by atoms with E-state index in [4.69, 9.17) is 4.74 Å². The molecule has 0 spiro atoms. The average Bonchev–Trinajstić information content (AvgIpc) is 2.62. The number of aromatic nitrogens is 1. The highest BCUT2D eigenvalue weighted by Crippen LogP contribution is 2.29. The summed E-state index contributed by atoms with van der Waals surface area (Å²) in [5.74, 6) is 0.934. The Kier molecular flexibility index (Phi) is 4.78. The zero-order valence-corrected chi connectivity index (χ0v) is 13.2. The van der Waals surface area contributed by atoms with Gasteiger partial charge in [-0.15, -0.1) is 0 Å². The summed E-state index contributed by atoms with van der Waals surface area (Å²) in [5.41, 5.74) is -0.777. The van der Waals surface area contributed by atoms with Crippen LogP contribution in [-0.4, -0.2) is 42.2 Å². The fourth-order valence-electron chi connectivity index (χ4n) is 2.51. The largest absolute Gasteiger partial charge is 0.417 e. The molecule has 0 saturated carbocycles. The molecule has 1 aliphatic rings. The minimum atomic E-state index is -4.40. The monoisotopic (exact) mass is 351 g/mol. The quantitative estimate of drug-likeness (QED) is 0.832. The van der Waals surface area contributed by atoms with Crippen molar-refractivity contribution in [3.63, 3.8) is 0 Å². The van der Waals surface area contributed by atoms with Crippen molar-refractivity contribution in [2.45, 2.75) is 6.18 Å². The van der Waals surface area contributed by atoms with Crippen LogP contribution in [0.25, 0.3) is 0 Å². The molecular weight excluding hydrogens is 335 g/mol. The van der Waals surface area contributed by atoms with Crippen molar-refractivity contribution in [2.24, 2.45) is 0 Å². The molecule has 5 nitrogen and oxygen atoms in total. The van der Waals surface area contributed by atoms with Crippen molar-refractivity contribution in [1.29, 1.82) is 0 Å². The van der Waals surface area contributed by atoms with Crippen molar-refractivity contribution >= 4 is 11.9 Å². The Morgan fingerprint density at radius 2 is 1.68 bits per heavy atom. The van der Waals surface area contributed by atoms with Gasteiger partial charge in [0.25, 0.3) is 0 Å². The number of ether oxygens (including phenoxy) is 1. The van der Waals surface area contributed by atoms with Gasteiger partial charge in [0.2, 0.25) is 0 Å². The van der Waals surface area contributed by atoms with Crippen LogP contribution in [0, 0.1) is 0 Å². The first-order chi connectivity index (χ1) is 11.9. The van der Waals surface area contributed by atoms with Crippen molar-refractivity contribution in [1.82, 2.24) is 9.88 Å². The third kappa shape index (κ3) is 4.20. The number of carbonyl (C=O) groups excluding carboxylic acids is 1. The Hall–Kier alpha value is -2.77. The molecule has 8 heteroatoms. The highest BCUT2D eigenvalue weighted by atomic mass is 19.4. The van der Waals surface area contributed by atoms with E-state index in [0.29, 0.717) is 37.7 Å². The third-order valence-corrected chi connectivity index (χ3v) is 3.89. The molecule has 2 aromatic rings. The number of alkyl halides is 3. The van der Waals surface area contributed by atoms with Gasteiger partial charge in [0, 0.05) is 32.4 Å². The van der Waals surface area contributed by atoms with Gasteiger partial charge in [-0.05, 0) is 24.3 Å². The first kappa shape index (κ1) is 17.1. The maximum Gasteiger partial charge on any atom is 0.417 e. The molecule has 0 N–H and O–H groups in total. The van der Waals surface area contributed by atoms with E-state index in [-0.39, 0.29) is 0 Å². The number of hydrogen-bond donors (Lipinski definition) is 0. The normalized spacial score (nSPS) is 15.2. The second kappa shape index (κ2) is 7.00. The Balaban J connectivity index is 1.55. The molecule has 2 heterocycles. The molecule has 1 saturated heterocycles. The van der Waals surface area contributed by atoms with Crippen LogP contribution < -0.4 is 9.64 Å². The summed E-state index contributed by atoms with van der Waals surface area (Å²) in [6, 6.07) is 11.1. The topological polar surface area (TPSA) is 45.7 Å². The number of benzene rings is 1. The molecule has 1 aromatic heterocycles. The van der Waals surface area contributed by atoms with Crippen LogP contribution in [0.1, 0.15) is 5.56 Å². The van der Waals surface area contributed by atoms with Crippen LogP contribution in [0.2, 0.25) is 0 Å². The number of nitrogens with zero attached hydrogens (tertiary/aromatic N) is 3. The van der Waals surface area contributed by atoms with Crippen LogP contribution >= 0.6 is 0 Å². The number of hydrogen-bond acceptors (Lipinski definition) is 4. The number of rotatable bonds is 2. The molecule has 3 rings (SSSR count). The summed E-state index contributed by atoms with van der Waals surface area (Å²) in [5, 5.41) is 0. The zero-order valence-electron chi connectivity index (χ0n) is 13.2. The fraction of sp³-hybridized carbons (Fsp3) is 0.294. The van der Waals surface area contributed by atoms with Crippen molar-refractivity contribution in [3.8, 4) is 5.75 Å². The van der Waals surface area contributed by atoms with Gasteiger partial charge >= 0.3 is 12.3 Å². The summed E-state index contributed by atoms with van der Waals surface area (Å²) in [4.78, 5) is 19.4. The summed E-state index contributed by atoms with van der Waals surface area (Å²) >= 11 is 0. The van der Waals surface area contributed by atoms with Crippen LogP contribution in [0.5, 0.6) is 5.75 Å². The van der Waals surface area contributed by atoms with Gasteiger partial charge < -0.3 is 14.5 Å². The van der Waals surface area contributed by atoms with E-state index < -0.39 is 17.8 Å².